The number of hydrogen-bond donors (Lipinski definition) is 0. The van der Waals surface area contributed by atoms with Crippen LogP contribution in [0, 0.1) is 30.5 Å². The maximum absolute atomic E-state index is 14.5. The minimum Gasteiger partial charge on any atom is -0.481 e. The van der Waals surface area contributed by atoms with Crippen molar-refractivity contribution in [3.63, 3.8) is 0 Å². The highest BCUT2D eigenvalue weighted by Gasteiger charge is 2.31. The van der Waals surface area contributed by atoms with Gasteiger partial charge in [0.2, 0.25) is 10.7 Å². The molecule has 3 heterocycles. The number of ether oxygens (including phenoxy) is 2. The van der Waals surface area contributed by atoms with Gasteiger partial charge in [0.15, 0.2) is 17.3 Å². The molecule has 0 radical (unpaired) electrons. The van der Waals surface area contributed by atoms with Crippen molar-refractivity contribution in [1.82, 2.24) is 13.8 Å². The van der Waals surface area contributed by atoms with Crippen molar-refractivity contribution >= 4 is 81.1 Å². The van der Waals surface area contributed by atoms with Crippen molar-refractivity contribution in [3.05, 3.63) is 83.2 Å². The molecule has 2 aromatic carbocycles. The second-order valence-electron chi connectivity index (χ2n) is 13.9. The summed E-state index contributed by atoms with van der Waals surface area (Å²) in [5.74, 6) is 2.49. The van der Waals surface area contributed by atoms with Gasteiger partial charge in [-0.05, 0) is 42.9 Å². The maximum Gasteiger partial charge on any atom is 0.265 e. The highest BCUT2D eigenvalue weighted by atomic mass is 35.5. The summed E-state index contributed by atoms with van der Waals surface area (Å²) in [5.41, 5.74) is 3.89. The van der Waals surface area contributed by atoms with E-state index in [0.717, 1.165) is 42.0 Å². The van der Waals surface area contributed by atoms with E-state index >= 15 is 0 Å². The molecule has 5 rings (SSSR count). The lowest BCUT2D eigenvalue weighted by Gasteiger charge is -2.31. The fourth-order valence-corrected chi connectivity index (χ4v) is 7.43. The summed E-state index contributed by atoms with van der Waals surface area (Å²) in [7, 11) is 1.64. The van der Waals surface area contributed by atoms with Gasteiger partial charge >= 0.3 is 0 Å². The first kappa shape index (κ1) is 47.2. The standard InChI is InChI=1S/C18H17FN4O2S.C15H22ClNO2.C8H11Cl2NO/c1-4-5-22-13-7-12(11(19)6-14(13)25-9-16(22)24)20-17-23-10-18(2,3)8-15(23)21-26-17;1-5-13-8-6-7-11(2)15(13)17(14(18)9-16)12(3)10-19-4;1-3-5-11(6-4-2)8(12)7(9)10/h1,6-7H,5,8-10H2,2-3H3;6-8,12H,5,9-10H2,1-4H3;3-4,7H,1-2,5-6H2/b20-17-;;. The maximum atomic E-state index is 14.5. The predicted molar refractivity (Wildman–Crippen MR) is 228 cm³/mol. The smallest absolute Gasteiger partial charge is 0.265 e. The first-order valence-electron chi connectivity index (χ1n) is 18.1. The van der Waals surface area contributed by atoms with Crippen LogP contribution >= 0.6 is 46.3 Å². The van der Waals surface area contributed by atoms with E-state index in [-0.39, 0.29) is 53.9 Å². The SMILES string of the molecule is C#CCN1C(=O)COc2cc(F)c(/N=c3\snc4n3CC(C)(C)C4)cc21.C=CCN(CC=C)C(=O)C(Cl)Cl.CCc1cccc(C)c1N(C(=O)CCl)C(C)COC. The number of rotatable bonds is 13. The van der Waals surface area contributed by atoms with Crippen LogP contribution in [0.1, 0.15) is 44.6 Å². The minimum atomic E-state index is -1.01. The lowest BCUT2D eigenvalue weighted by atomic mass is 9.92. The number of carbonyl (C=O) groups excluding carboxylic acids is 3. The molecule has 3 amide bonds. The van der Waals surface area contributed by atoms with Gasteiger partial charge in [0.05, 0.1) is 30.6 Å². The van der Waals surface area contributed by atoms with Crippen molar-refractivity contribution in [2.45, 2.75) is 64.9 Å². The molecule has 1 unspecified atom stereocenters. The molecule has 11 nitrogen and oxygen atoms in total. The Morgan fingerprint density at radius 3 is 2.51 bits per heavy atom. The van der Waals surface area contributed by atoms with E-state index in [9.17, 15) is 18.8 Å². The number of benzene rings is 2. The molecule has 3 aromatic rings. The Bertz CT molecular complexity index is 2020. The van der Waals surface area contributed by atoms with Crippen LogP contribution < -0.4 is 19.3 Å². The van der Waals surface area contributed by atoms with Crippen LogP contribution in [-0.2, 0) is 38.5 Å². The fourth-order valence-electron chi connectivity index (χ4n) is 6.27. The molecule has 1 aromatic heterocycles. The number of aromatic nitrogens is 2. The number of nitrogens with zero attached hydrogens (tertiary/aromatic N) is 6. The van der Waals surface area contributed by atoms with E-state index in [0.29, 0.717) is 35.9 Å². The number of hydrogen-bond acceptors (Lipinski definition) is 8. The quantitative estimate of drug-likeness (QED) is 0.101. The molecule has 0 spiro atoms. The van der Waals surface area contributed by atoms with Crippen LogP contribution in [0.25, 0.3) is 0 Å². The van der Waals surface area contributed by atoms with Gasteiger partial charge in [-0.3, -0.25) is 19.3 Å². The van der Waals surface area contributed by atoms with Gasteiger partial charge in [-0.15, -0.1) is 31.2 Å². The van der Waals surface area contributed by atoms with Gasteiger partial charge in [0.25, 0.3) is 11.8 Å². The number of amides is 3. The van der Waals surface area contributed by atoms with E-state index in [4.69, 9.17) is 50.7 Å². The summed E-state index contributed by atoms with van der Waals surface area (Å²) in [6.45, 7) is 19.5. The molecular formula is C41H50Cl3FN6O5S. The third kappa shape index (κ3) is 12.4. The molecule has 2 aliphatic rings. The lowest BCUT2D eigenvalue weighted by Crippen LogP contribution is -2.43. The molecular weight excluding hydrogens is 814 g/mol. The molecule has 0 aliphatic carbocycles. The Hall–Kier alpha value is -4.19. The topological polar surface area (TPSA) is 110 Å². The highest BCUT2D eigenvalue weighted by Crippen LogP contribution is 2.37. The third-order valence-electron chi connectivity index (χ3n) is 8.81. The van der Waals surface area contributed by atoms with E-state index < -0.39 is 10.7 Å². The molecule has 0 N–H and O–H groups in total. The van der Waals surface area contributed by atoms with Crippen LogP contribution in [0.2, 0.25) is 0 Å². The van der Waals surface area contributed by atoms with Gasteiger partial charge < -0.3 is 23.8 Å². The average Bonchev–Trinajstić information content (AvgIpc) is 3.68. The van der Waals surface area contributed by atoms with E-state index in [2.05, 4.69) is 55.3 Å². The molecule has 308 valence electrons. The largest absolute Gasteiger partial charge is 0.481 e. The fraction of sp³-hybridized carbons (Fsp3) is 0.439. The molecule has 2 aliphatic heterocycles. The first-order valence-corrected chi connectivity index (χ1v) is 20.3. The number of terminal acetylenes is 1. The number of alkyl halides is 3. The number of methoxy groups -OCH3 is 1. The first-order chi connectivity index (χ1) is 27.1. The zero-order valence-corrected chi connectivity index (χ0v) is 36.3. The Morgan fingerprint density at radius 1 is 1.25 bits per heavy atom. The van der Waals surface area contributed by atoms with Crippen molar-refractivity contribution in [2.24, 2.45) is 10.4 Å². The summed E-state index contributed by atoms with van der Waals surface area (Å²) >= 11 is 17.8. The van der Waals surface area contributed by atoms with Gasteiger partial charge in [0.1, 0.15) is 23.1 Å². The van der Waals surface area contributed by atoms with Crippen molar-refractivity contribution in [2.75, 3.05) is 55.6 Å². The zero-order chi connectivity index (χ0) is 42.4. The molecule has 1 atom stereocenters. The number of anilines is 2. The Morgan fingerprint density at radius 2 is 1.93 bits per heavy atom. The van der Waals surface area contributed by atoms with Gasteiger partial charge in [0, 0.05) is 50.8 Å². The number of carbonyl (C=O) groups is 3. The highest BCUT2D eigenvalue weighted by molar-refractivity contribution is 7.02. The van der Waals surface area contributed by atoms with Crippen molar-refractivity contribution in [1.29, 1.82) is 0 Å². The second-order valence-corrected chi connectivity index (χ2v) is 16.0. The van der Waals surface area contributed by atoms with Crippen LogP contribution in [0.5, 0.6) is 5.75 Å². The predicted octanol–water partition coefficient (Wildman–Crippen LogP) is 7.41. The van der Waals surface area contributed by atoms with E-state index in [1.54, 1.807) is 24.2 Å². The summed E-state index contributed by atoms with van der Waals surface area (Å²) < 4.78 is 31.5. The van der Waals surface area contributed by atoms with Crippen molar-refractivity contribution < 1.29 is 28.2 Å². The number of fused-ring (bicyclic) bond motifs is 2. The number of halogens is 4. The van der Waals surface area contributed by atoms with Crippen LogP contribution in [-0.4, -0.2) is 88.3 Å². The summed E-state index contributed by atoms with van der Waals surface area (Å²) in [4.78, 5) is 44.2. The minimum absolute atomic E-state index is 0.0223. The summed E-state index contributed by atoms with van der Waals surface area (Å²) in [6.07, 6.45) is 10.3. The zero-order valence-electron chi connectivity index (χ0n) is 33.2. The summed E-state index contributed by atoms with van der Waals surface area (Å²) in [6, 6.07) is 8.80. The monoisotopic (exact) mass is 862 g/mol. The molecule has 0 fully saturated rings. The molecule has 0 bridgehead atoms. The Labute approximate surface area is 353 Å². The molecule has 0 saturated heterocycles. The van der Waals surface area contributed by atoms with Crippen LogP contribution in [0.3, 0.4) is 0 Å². The van der Waals surface area contributed by atoms with E-state index in [1.807, 2.05) is 30.5 Å². The van der Waals surface area contributed by atoms with Crippen LogP contribution in [0.4, 0.5) is 21.5 Å². The Kier molecular flexibility index (Phi) is 18.3. The normalized spacial score (nSPS) is 14.5. The number of para-hydroxylation sites is 1. The van der Waals surface area contributed by atoms with Gasteiger partial charge in [-0.25, -0.2) is 9.38 Å². The van der Waals surface area contributed by atoms with Gasteiger partial charge in [-0.1, -0.05) is 80.2 Å². The molecule has 0 saturated carbocycles. The Balaban J connectivity index is 0.000000248. The molecule has 16 heteroatoms. The van der Waals surface area contributed by atoms with Crippen molar-refractivity contribution in [3.8, 4) is 18.1 Å². The lowest BCUT2D eigenvalue weighted by molar-refractivity contribution is -0.128. The van der Waals surface area contributed by atoms with E-state index in [1.165, 1.54) is 33.5 Å². The summed E-state index contributed by atoms with van der Waals surface area (Å²) in [5, 5.41) is 0. The third-order valence-corrected chi connectivity index (χ3v) is 10.2. The average molecular weight is 864 g/mol. The van der Waals surface area contributed by atoms with Crippen LogP contribution in [0.15, 0.2) is 60.6 Å². The number of aryl methyl sites for hydroxylation is 2. The van der Waals surface area contributed by atoms with Gasteiger partial charge in [-0.2, -0.15) is 4.37 Å². The second kappa shape index (κ2) is 22.1. The molecule has 57 heavy (non-hydrogen) atoms.